The normalized spacial score (nSPS) is 22.7. The third kappa shape index (κ3) is 6.10. The molecule has 0 unspecified atom stereocenters. The second kappa shape index (κ2) is 10.3. The van der Waals surface area contributed by atoms with Crippen molar-refractivity contribution in [3.63, 3.8) is 0 Å². The van der Waals surface area contributed by atoms with Crippen LogP contribution in [-0.4, -0.2) is 23.6 Å². The van der Waals surface area contributed by atoms with Crippen LogP contribution in [0.15, 0.2) is 41.3 Å². The number of unbranched alkanes of at least 4 members (excludes halogenated alkanes) is 1. The zero-order valence-electron chi connectivity index (χ0n) is 16.4. The van der Waals surface area contributed by atoms with Crippen LogP contribution >= 0.6 is 0 Å². The van der Waals surface area contributed by atoms with Crippen LogP contribution in [0.5, 0.6) is 0 Å². The van der Waals surface area contributed by atoms with Crippen LogP contribution < -0.4 is 0 Å². The van der Waals surface area contributed by atoms with Gasteiger partial charge in [0.25, 0.3) is 0 Å². The van der Waals surface area contributed by atoms with Gasteiger partial charge in [0, 0.05) is 13.0 Å². The molecule has 0 saturated heterocycles. The van der Waals surface area contributed by atoms with E-state index in [0.29, 0.717) is 24.3 Å². The second-order valence-electron chi connectivity index (χ2n) is 7.81. The number of furan rings is 1. The summed E-state index contributed by atoms with van der Waals surface area (Å²) >= 11 is 0. The van der Waals surface area contributed by atoms with Crippen molar-refractivity contribution in [2.75, 3.05) is 6.54 Å². The molecule has 4 nitrogen and oxygen atoms in total. The minimum absolute atomic E-state index is 0.00934. The molecular formula is C22H33NO3. The van der Waals surface area contributed by atoms with Gasteiger partial charge < -0.3 is 9.15 Å². The summed E-state index contributed by atoms with van der Waals surface area (Å²) in [5.41, 5.74) is 2.71. The maximum Gasteiger partial charge on any atom is 0.414 e. The summed E-state index contributed by atoms with van der Waals surface area (Å²) < 4.78 is 11.3. The molecule has 144 valence electrons. The Morgan fingerprint density at radius 1 is 1.46 bits per heavy atom. The van der Waals surface area contributed by atoms with E-state index < -0.39 is 0 Å². The molecular weight excluding hydrogens is 326 g/mol. The van der Waals surface area contributed by atoms with E-state index in [2.05, 4.69) is 33.1 Å². The van der Waals surface area contributed by atoms with Gasteiger partial charge in [-0.15, -0.1) is 5.73 Å². The molecule has 1 saturated carbocycles. The molecule has 2 rings (SSSR count). The maximum atomic E-state index is 12.7. The molecule has 0 radical (unpaired) electrons. The minimum atomic E-state index is -0.274. The van der Waals surface area contributed by atoms with Gasteiger partial charge in [-0.3, -0.25) is 4.90 Å². The monoisotopic (exact) mass is 359 g/mol. The molecule has 4 heteroatoms. The molecule has 1 aliphatic carbocycles. The molecule has 0 aliphatic heterocycles. The largest absolute Gasteiger partial charge is 0.469 e. The molecule has 3 atom stereocenters. The lowest BCUT2D eigenvalue weighted by atomic mass is 9.75. The Kier molecular flexibility index (Phi) is 8.06. The van der Waals surface area contributed by atoms with Crippen LogP contribution in [0.25, 0.3) is 0 Å². The van der Waals surface area contributed by atoms with Crippen molar-refractivity contribution in [3.8, 4) is 0 Å². The zero-order valence-corrected chi connectivity index (χ0v) is 16.4. The molecule has 1 aromatic rings. The van der Waals surface area contributed by atoms with Crippen molar-refractivity contribution in [1.82, 2.24) is 4.90 Å². The fourth-order valence-corrected chi connectivity index (χ4v) is 3.80. The molecule has 1 heterocycles. The van der Waals surface area contributed by atoms with Gasteiger partial charge in [0.1, 0.15) is 11.9 Å². The summed E-state index contributed by atoms with van der Waals surface area (Å²) in [6.07, 6.45) is 9.06. The Hall–Kier alpha value is -1.93. The molecule has 1 amide bonds. The summed E-state index contributed by atoms with van der Waals surface area (Å²) in [5, 5.41) is 0. The second-order valence-corrected chi connectivity index (χ2v) is 7.81. The van der Waals surface area contributed by atoms with Crippen molar-refractivity contribution in [1.29, 1.82) is 0 Å². The SMILES string of the molecule is C=C=CN(CCCCc1ccco1)C(=O)O[C@@H]1C[C@H](C)CC[C@H]1C(C)C. The number of ether oxygens (including phenoxy) is 1. The number of nitrogens with zero attached hydrogens (tertiary/aromatic N) is 1. The highest BCUT2D eigenvalue weighted by Crippen LogP contribution is 2.35. The third-order valence-corrected chi connectivity index (χ3v) is 5.35. The topological polar surface area (TPSA) is 42.7 Å². The van der Waals surface area contributed by atoms with E-state index in [4.69, 9.17) is 9.15 Å². The van der Waals surface area contributed by atoms with E-state index in [1.54, 1.807) is 17.4 Å². The third-order valence-electron chi connectivity index (χ3n) is 5.35. The van der Waals surface area contributed by atoms with E-state index in [9.17, 15) is 4.79 Å². The van der Waals surface area contributed by atoms with E-state index >= 15 is 0 Å². The summed E-state index contributed by atoms with van der Waals surface area (Å²) in [6, 6.07) is 3.88. The number of carbonyl (C=O) groups is 1. The van der Waals surface area contributed by atoms with Crippen LogP contribution in [0.1, 0.15) is 58.6 Å². The van der Waals surface area contributed by atoms with Gasteiger partial charge >= 0.3 is 6.09 Å². The molecule has 0 N–H and O–H groups in total. The number of rotatable bonds is 8. The molecule has 1 aliphatic rings. The first-order valence-corrected chi connectivity index (χ1v) is 9.86. The van der Waals surface area contributed by atoms with Gasteiger partial charge in [0.05, 0.1) is 12.5 Å². The Bertz CT molecular complexity index is 587. The molecule has 0 bridgehead atoms. The summed E-state index contributed by atoms with van der Waals surface area (Å²) in [5.74, 6) is 2.56. The Labute approximate surface area is 157 Å². The fraction of sp³-hybridized carbons (Fsp3) is 0.636. The van der Waals surface area contributed by atoms with Crippen LogP contribution in [-0.2, 0) is 11.2 Å². The number of carbonyl (C=O) groups excluding carboxylic acids is 1. The van der Waals surface area contributed by atoms with Gasteiger partial charge in [0.2, 0.25) is 0 Å². The Balaban J connectivity index is 1.86. The van der Waals surface area contributed by atoms with Gasteiger partial charge in [-0.2, -0.15) is 0 Å². The highest BCUT2D eigenvalue weighted by Gasteiger charge is 2.34. The average molecular weight is 360 g/mol. The zero-order chi connectivity index (χ0) is 18.9. The smallest absolute Gasteiger partial charge is 0.414 e. The first-order chi connectivity index (χ1) is 12.5. The number of hydrogen-bond donors (Lipinski definition) is 0. The predicted molar refractivity (Wildman–Crippen MR) is 104 cm³/mol. The Morgan fingerprint density at radius 3 is 2.92 bits per heavy atom. The van der Waals surface area contributed by atoms with Crippen molar-refractivity contribution >= 4 is 6.09 Å². The lowest BCUT2D eigenvalue weighted by Crippen LogP contribution is -2.39. The maximum absolute atomic E-state index is 12.7. The van der Waals surface area contributed by atoms with Gasteiger partial charge in [-0.1, -0.05) is 33.8 Å². The highest BCUT2D eigenvalue weighted by atomic mass is 16.6. The lowest BCUT2D eigenvalue weighted by Gasteiger charge is -2.37. The van der Waals surface area contributed by atoms with Crippen molar-refractivity contribution in [2.24, 2.45) is 17.8 Å². The minimum Gasteiger partial charge on any atom is -0.469 e. The van der Waals surface area contributed by atoms with Crippen LogP contribution in [0.4, 0.5) is 4.79 Å². The van der Waals surface area contributed by atoms with Gasteiger partial charge in [0.15, 0.2) is 0 Å². The first-order valence-electron chi connectivity index (χ1n) is 9.86. The summed E-state index contributed by atoms with van der Waals surface area (Å²) in [4.78, 5) is 14.3. The van der Waals surface area contributed by atoms with E-state index in [-0.39, 0.29) is 12.2 Å². The molecule has 26 heavy (non-hydrogen) atoms. The van der Waals surface area contributed by atoms with Crippen molar-refractivity contribution < 1.29 is 13.9 Å². The van der Waals surface area contributed by atoms with Crippen LogP contribution in [0, 0.1) is 17.8 Å². The molecule has 1 fully saturated rings. The van der Waals surface area contributed by atoms with Crippen LogP contribution in [0.3, 0.4) is 0 Å². The van der Waals surface area contributed by atoms with E-state index in [1.807, 2.05) is 12.1 Å². The molecule has 0 spiro atoms. The van der Waals surface area contributed by atoms with Gasteiger partial charge in [-0.25, -0.2) is 4.79 Å². The van der Waals surface area contributed by atoms with E-state index in [0.717, 1.165) is 37.9 Å². The Morgan fingerprint density at radius 2 is 2.27 bits per heavy atom. The standard InChI is InChI=1S/C22H33NO3/c1-5-13-23(14-7-6-9-19-10-8-15-25-19)22(24)26-21-16-18(4)11-12-20(21)17(2)3/h8,10,13,15,17-18,20-21H,1,6-7,9,11-12,14,16H2,2-4H3/t18-,20+,21-/m1/s1. The molecule has 1 aromatic heterocycles. The van der Waals surface area contributed by atoms with Crippen molar-refractivity contribution in [3.05, 3.63) is 42.7 Å². The lowest BCUT2D eigenvalue weighted by molar-refractivity contribution is -0.00530. The first kappa shape index (κ1) is 20.4. The highest BCUT2D eigenvalue weighted by molar-refractivity contribution is 5.69. The fourth-order valence-electron chi connectivity index (χ4n) is 3.80. The average Bonchev–Trinajstić information content (AvgIpc) is 3.10. The number of amides is 1. The molecule has 0 aromatic carbocycles. The van der Waals surface area contributed by atoms with Crippen molar-refractivity contribution in [2.45, 2.75) is 65.4 Å². The van der Waals surface area contributed by atoms with E-state index in [1.165, 1.54) is 6.42 Å². The quantitative estimate of drug-likeness (QED) is 0.435. The summed E-state index contributed by atoms with van der Waals surface area (Å²) in [7, 11) is 0. The summed E-state index contributed by atoms with van der Waals surface area (Å²) in [6.45, 7) is 10.9. The number of hydrogen-bond acceptors (Lipinski definition) is 3. The number of aryl methyl sites for hydroxylation is 1. The predicted octanol–water partition coefficient (Wildman–Crippen LogP) is 5.80. The van der Waals surface area contributed by atoms with Gasteiger partial charge in [-0.05, 0) is 55.6 Å². The van der Waals surface area contributed by atoms with Crippen LogP contribution in [0.2, 0.25) is 0 Å².